The SMILES string of the molecule is CCCCC/C=C\C/C=C\C/C=C\CCCCCCCCC(=O)OC(COCCCCCCCCCCCCCCCCCCCCC)COP(=O)(O)OC1C(O)C(O)C(O)C(O)C1O. The Morgan fingerprint density at radius 1 is 0.492 bits per heavy atom. The smallest absolute Gasteiger partial charge is 0.457 e. The van der Waals surface area contributed by atoms with E-state index in [1.54, 1.807) is 0 Å². The second kappa shape index (κ2) is 42.6. The van der Waals surface area contributed by atoms with E-state index >= 15 is 0 Å². The van der Waals surface area contributed by atoms with Crippen LogP contribution in [0.3, 0.4) is 0 Å². The molecule has 0 radical (unpaired) electrons. The molecule has 65 heavy (non-hydrogen) atoms. The maximum atomic E-state index is 12.9. The number of hydrogen-bond acceptors (Lipinski definition) is 11. The molecule has 13 heteroatoms. The van der Waals surface area contributed by atoms with Crippen molar-refractivity contribution >= 4 is 13.8 Å². The molecule has 1 aliphatic rings. The van der Waals surface area contributed by atoms with Crippen LogP contribution in [-0.4, -0.2) is 98.9 Å². The molecule has 0 aromatic rings. The Labute approximate surface area is 395 Å². The Morgan fingerprint density at radius 3 is 1.34 bits per heavy atom. The van der Waals surface area contributed by atoms with Gasteiger partial charge in [-0.05, 0) is 51.4 Å². The lowest BCUT2D eigenvalue weighted by Gasteiger charge is -2.41. The molecule has 382 valence electrons. The Kier molecular flexibility index (Phi) is 40.4. The number of phosphoric ester groups is 1. The predicted octanol–water partition coefficient (Wildman–Crippen LogP) is 11.8. The van der Waals surface area contributed by atoms with Crippen LogP contribution in [-0.2, 0) is 27.9 Å². The molecule has 1 aliphatic carbocycles. The van der Waals surface area contributed by atoms with Crippen LogP contribution in [0.25, 0.3) is 0 Å². The topological polar surface area (TPSA) is 192 Å². The summed E-state index contributed by atoms with van der Waals surface area (Å²) in [6.07, 6.45) is 39.2. The lowest BCUT2D eigenvalue weighted by atomic mass is 9.85. The highest BCUT2D eigenvalue weighted by Gasteiger charge is 2.51. The summed E-state index contributed by atoms with van der Waals surface area (Å²) in [5.74, 6) is -0.486. The number of carbonyl (C=O) groups is 1. The van der Waals surface area contributed by atoms with Gasteiger partial charge in [0.25, 0.3) is 0 Å². The number of rotatable bonds is 45. The molecular weight excluding hydrogens is 848 g/mol. The van der Waals surface area contributed by atoms with Crippen molar-refractivity contribution in [3.63, 3.8) is 0 Å². The summed E-state index contributed by atoms with van der Waals surface area (Å²) < 4.78 is 34.3. The van der Waals surface area contributed by atoms with Gasteiger partial charge in [-0.1, -0.05) is 204 Å². The molecule has 0 heterocycles. The Hall–Kier alpha value is -1.44. The molecule has 6 unspecified atom stereocenters. The van der Waals surface area contributed by atoms with E-state index in [0.29, 0.717) is 13.0 Å². The van der Waals surface area contributed by atoms with Crippen molar-refractivity contribution in [2.75, 3.05) is 19.8 Å². The van der Waals surface area contributed by atoms with Crippen LogP contribution in [0.2, 0.25) is 0 Å². The van der Waals surface area contributed by atoms with Crippen molar-refractivity contribution < 1.29 is 58.3 Å². The first-order valence-electron chi connectivity index (χ1n) is 26.3. The number of aliphatic hydroxyl groups is 5. The van der Waals surface area contributed by atoms with Crippen molar-refractivity contribution in [1.29, 1.82) is 0 Å². The van der Waals surface area contributed by atoms with Gasteiger partial charge >= 0.3 is 13.8 Å². The lowest BCUT2D eigenvalue weighted by Crippen LogP contribution is -2.64. The van der Waals surface area contributed by atoms with E-state index in [-0.39, 0.29) is 13.0 Å². The van der Waals surface area contributed by atoms with Crippen LogP contribution < -0.4 is 0 Å². The van der Waals surface area contributed by atoms with E-state index in [9.17, 15) is 39.8 Å². The maximum Gasteiger partial charge on any atom is 0.472 e. The van der Waals surface area contributed by atoms with E-state index in [0.717, 1.165) is 70.6 Å². The average Bonchev–Trinajstić information content (AvgIpc) is 3.29. The molecule has 0 saturated heterocycles. The van der Waals surface area contributed by atoms with E-state index < -0.39 is 63.1 Å². The molecule has 0 spiro atoms. The second-order valence-corrected chi connectivity index (χ2v) is 19.8. The third-order valence-corrected chi connectivity index (χ3v) is 13.3. The first-order chi connectivity index (χ1) is 31.5. The van der Waals surface area contributed by atoms with Gasteiger partial charge in [0.15, 0.2) is 0 Å². The van der Waals surface area contributed by atoms with E-state index in [1.807, 2.05) is 0 Å². The normalized spacial score (nSPS) is 21.8. The minimum absolute atomic E-state index is 0.0790. The highest BCUT2D eigenvalue weighted by Crippen LogP contribution is 2.47. The van der Waals surface area contributed by atoms with Crippen LogP contribution in [0.1, 0.15) is 226 Å². The van der Waals surface area contributed by atoms with E-state index in [1.165, 1.54) is 128 Å². The zero-order valence-electron chi connectivity index (χ0n) is 41.0. The minimum Gasteiger partial charge on any atom is -0.457 e. The molecule has 1 saturated carbocycles. The molecule has 6 atom stereocenters. The third kappa shape index (κ3) is 34.5. The zero-order chi connectivity index (χ0) is 47.6. The van der Waals surface area contributed by atoms with Gasteiger partial charge in [0.05, 0.1) is 13.2 Å². The number of ether oxygens (including phenoxy) is 2. The molecule has 1 rings (SSSR count). The van der Waals surface area contributed by atoms with Crippen molar-refractivity contribution in [3.05, 3.63) is 36.5 Å². The molecule has 0 aromatic heterocycles. The molecule has 1 fully saturated rings. The number of hydrogen-bond donors (Lipinski definition) is 6. The number of phosphoric acid groups is 1. The summed E-state index contributed by atoms with van der Waals surface area (Å²) in [4.78, 5) is 23.2. The summed E-state index contributed by atoms with van der Waals surface area (Å²) in [6, 6.07) is 0. The summed E-state index contributed by atoms with van der Waals surface area (Å²) in [7, 11) is -5.02. The van der Waals surface area contributed by atoms with Crippen molar-refractivity contribution in [2.45, 2.75) is 268 Å². The molecule has 0 aromatic carbocycles. The van der Waals surface area contributed by atoms with Crippen molar-refractivity contribution in [2.24, 2.45) is 0 Å². The van der Waals surface area contributed by atoms with Crippen LogP contribution in [0, 0.1) is 0 Å². The van der Waals surface area contributed by atoms with Gasteiger partial charge in [0.1, 0.15) is 42.7 Å². The lowest BCUT2D eigenvalue weighted by molar-refractivity contribution is -0.220. The van der Waals surface area contributed by atoms with Gasteiger partial charge in [-0.3, -0.25) is 13.8 Å². The van der Waals surface area contributed by atoms with Crippen LogP contribution in [0.4, 0.5) is 0 Å². The number of allylic oxidation sites excluding steroid dienone is 6. The monoisotopic (exact) mass is 945 g/mol. The number of unbranched alkanes of at least 4 members (excludes halogenated alkanes) is 27. The first kappa shape index (κ1) is 61.6. The molecule has 6 N–H and O–H groups in total. The molecule has 0 aliphatic heterocycles. The first-order valence-corrected chi connectivity index (χ1v) is 27.8. The van der Waals surface area contributed by atoms with Gasteiger partial charge in [-0.25, -0.2) is 4.57 Å². The summed E-state index contributed by atoms with van der Waals surface area (Å²) in [5.41, 5.74) is 0. The predicted molar refractivity (Wildman–Crippen MR) is 263 cm³/mol. The van der Waals surface area contributed by atoms with Gasteiger partial charge in [0.2, 0.25) is 0 Å². The van der Waals surface area contributed by atoms with Gasteiger partial charge in [-0.2, -0.15) is 0 Å². The van der Waals surface area contributed by atoms with E-state index in [2.05, 4.69) is 50.3 Å². The van der Waals surface area contributed by atoms with Gasteiger partial charge in [0, 0.05) is 13.0 Å². The fourth-order valence-corrected chi connectivity index (χ4v) is 9.04. The number of esters is 1. The summed E-state index contributed by atoms with van der Waals surface area (Å²) in [5, 5.41) is 50.3. The highest BCUT2D eigenvalue weighted by atomic mass is 31.2. The molecule has 12 nitrogen and oxygen atoms in total. The summed E-state index contributed by atoms with van der Waals surface area (Å²) >= 11 is 0. The van der Waals surface area contributed by atoms with Crippen molar-refractivity contribution in [3.8, 4) is 0 Å². The Morgan fingerprint density at radius 2 is 0.862 bits per heavy atom. The maximum absolute atomic E-state index is 12.9. The highest BCUT2D eigenvalue weighted by molar-refractivity contribution is 7.47. The van der Waals surface area contributed by atoms with E-state index in [4.69, 9.17) is 18.5 Å². The molecular formula is C52H97O12P. The van der Waals surface area contributed by atoms with Gasteiger partial charge in [-0.15, -0.1) is 0 Å². The standard InChI is InChI=1S/C52H97O12P/c1-3-5-7-9-11-13-15-17-19-21-23-25-27-29-31-33-35-37-39-41-46(53)63-45(44-62-65(59,60)64-52-50(57)48(55)47(54)49(56)51(52)58)43-61-42-40-38-36-34-32-30-28-26-24-22-20-18-16-14-12-10-8-6-4-2/h11,13,17,19,23,25,45,47-52,54-58H,3-10,12,14-16,18,20-22,24,26-44H2,1-2H3,(H,59,60)/b13-11-,19-17-,25-23-. The second-order valence-electron chi connectivity index (χ2n) is 18.4. The largest absolute Gasteiger partial charge is 0.472 e. The Bertz CT molecular complexity index is 1210. The van der Waals surface area contributed by atoms with Crippen LogP contribution in [0.5, 0.6) is 0 Å². The fourth-order valence-electron chi connectivity index (χ4n) is 8.07. The zero-order valence-corrected chi connectivity index (χ0v) is 41.9. The molecule has 0 amide bonds. The van der Waals surface area contributed by atoms with Crippen LogP contribution in [0.15, 0.2) is 36.5 Å². The molecule has 0 bridgehead atoms. The minimum atomic E-state index is -5.02. The number of aliphatic hydroxyl groups excluding tert-OH is 5. The quantitative estimate of drug-likeness (QED) is 0.0147. The van der Waals surface area contributed by atoms with Gasteiger partial charge < -0.3 is 39.9 Å². The average molecular weight is 945 g/mol. The number of carbonyl (C=O) groups excluding carboxylic acids is 1. The third-order valence-electron chi connectivity index (χ3n) is 12.3. The van der Waals surface area contributed by atoms with Crippen molar-refractivity contribution in [1.82, 2.24) is 0 Å². The Balaban J connectivity index is 2.34. The summed E-state index contributed by atoms with van der Waals surface area (Å²) in [6.45, 7) is 4.26. The fraction of sp³-hybridized carbons (Fsp3) is 0.865. The van der Waals surface area contributed by atoms with Crippen LogP contribution >= 0.6 is 7.82 Å².